The lowest BCUT2D eigenvalue weighted by molar-refractivity contribution is 0.274. The smallest absolute Gasteiger partial charge is 0.0843 e. The van der Waals surface area contributed by atoms with Gasteiger partial charge in [-0.2, -0.15) is 4.37 Å². The summed E-state index contributed by atoms with van der Waals surface area (Å²) in [4.78, 5) is 0. The number of hydrogen-bond acceptors (Lipinski definition) is 3. The molecule has 1 aromatic heterocycles. The molecular weight excluding hydrogens is 194 g/mol. The van der Waals surface area contributed by atoms with Crippen molar-refractivity contribution in [3.63, 3.8) is 0 Å². The van der Waals surface area contributed by atoms with Crippen molar-refractivity contribution < 1.29 is 5.11 Å². The fourth-order valence-electron chi connectivity index (χ4n) is 2.07. The molecule has 0 radical (unpaired) electrons. The Balaban J connectivity index is 2.08. The maximum atomic E-state index is 9.05. The highest BCUT2D eigenvalue weighted by Crippen LogP contribution is 2.49. The van der Waals surface area contributed by atoms with Crippen LogP contribution in [0, 0.1) is 5.92 Å². The van der Waals surface area contributed by atoms with E-state index in [-0.39, 0.29) is 0 Å². The third-order valence-electron chi connectivity index (χ3n) is 3.00. The number of hydrogen-bond donors (Lipinski definition) is 1. The van der Waals surface area contributed by atoms with E-state index in [2.05, 4.69) is 21.9 Å². The first kappa shape index (κ1) is 8.38. The molecule has 1 aromatic carbocycles. The Bertz CT molecular complexity index is 465. The third kappa shape index (κ3) is 1.16. The van der Waals surface area contributed by atoms with Gasteiger partial charge in [-0.25, -0.2) is 0 Å². The van der Waals surface area contributed by atoms with Gasteiger partial charge in [0, 0.05) is 17.4 Å². The molecule has 14 heavy (non-hydrogen) atoms. The quantitative estimate of drug-likeness (QED) is 0.816. The minimum atomic E-state index is 0.318. The molecule has 3 rings (SSSR count). The van der Waals surface area contributed by atoms with Crippen LogP contribution in [-0.2, 0) is 0 Å². The molecule has 3 heteroatoms. The minimum absolute atomic E-state index is 0.318. The summed E-state index contributed by atoms with van der Waals surface area (Å²) in [6.07, 6.45) is 1.13. The number of fused-ring (bicyclic) bond motifs is 1. The first-order valence-corrected chi connectivity index (χ1v) is 5.67. The number of rotatable bonds is 2. The van der Waals surface area contributed by atoms with Crippen molar-refractivity contribution in [3.8, 4) is 0 Å². The van der Waals surface area contributed by atoms with Crippen LogP contribution in [0.15, 0.2) is 23.6 Å². The number of aliphatic hydroxyl groups excluding tert-OH is 1. The minimum Gasteiger partial charge on any atom is -0.396 e. The Hall–Kier alpha value is -0.930. The number of aliphatic hydroxyl groups is 1. The van der Waals surface area contributed by atoms with Crippen LogP contribution < -0.4 is 0 Å². The number of benzene rings is 1. The van der Waals surface area contributed by atoms with Crippen molar-refractivity contribution in [3.05, 3.63) is 29.1 Å². The summed E-state index contributed by atoms with van der Waals surface area (Å²) < 4.78 is 4.32. The van der Waals surface area contributed by atoms with E-state index in [1.54, 1.807) is 0 Å². The zero-order valence-corrected chi connectivity index (χ0v) is 8.50. The van der Waals surface area contributed by atoms with Gasteiger partial charge in [0.25, 0.3) is 0 Å². The van der Waals surface area contributed by atoms with Gasteiger partial charge in [-0.05, 0) is 41.4 Å². The molecule has 0 saturated heterocycles. The summed E-state index contributed by atoms with van der Waals surface area (Å²) in [5.41, 5.74) is 2.46. The fraction of sp³-hybridized carbons (Fsp3) is 0.364. The van der Waals surface area contributed by atoms with Crippen LogP contribution in [0.25, 0.3) is 10.9 Å². The zero-order chi connectivity index (χ0) is 9.54. The molecule has 1 heterocycles. The van der Waals surface area contributed by atoms with Crippen LogP contribution in [0.5, 0.6) is 0 Å². The van der Waals surface area contributed by atoms with E-state index in [9.17, 15) is 0 Å². The molecule has 1 saturated carbocycles. The summed E-state index contributed by atoms with van der Waals surface area (Å²) in [5, 5.41) is 12.4. The van der Waals surface area contributed by atoms with E-state index in [0.29, 0.717) is 18.4 Å². The van der Waals surface area contributed by atoms with Gasteiger partial charge < -0.3 is 5.11 Å². The Morgan fingerprint density at radius 3 is 3.21 bits per heavy atom. The molecule has 2 atom stereocenters. The molecule has 2 aromatic rings. The number of nitrogens with zero attached hydrogens (tertiary/aromatic N) is 1. The highest BCUT2D eigenvalue weighted by molar-refractivity contribution is 7.04. The van der Waals surface area contributed by atoms with Crippen molar-refractivity contribution in [2.75, 3.05) is 6.61 Å². The average Bonchev–Trinajstić information content (AvgIpc) is 2.85. The largest absolute Gasteiger partial charge is 0.396 e. The molecule has 0 bridgehead atoms. The molecule has 0 spiro atoms. The van der Waals surface area contributed by atoms with Crippen molar-refractivity contribution >= 4 is 22.4 Å². The average molecular weight is 205 g/mol. The molecule has 1 aliphatic rings. The summed E-state index contributed by atoms with van der Waals surface area (Å²) in [6, 6.07) is 6.27. The van der Waals surface area contributed by atoms with Crippen LogP contribution in [0.4, 0.5) is 0 Å². The second-order valence-electron chi connectivity index (χ2n) is 3.88. The second-order valence-corrected chi connectivity index (χ2v) is 4.51. The summed E-state index contributed by atoms with van der Waals surface area (Å²) in [7, 11) is 0. The Morgan fingerprint density at radius 1 is 1.50 bits per heavy atom. The first-order valence-electron chi connectivity index (χ1n) is 4.84. The van der Waals surface area contributed by atoms with E-state index >= 15 is 0 Å². The van der Waals surface area contributed by atoms with Gasteiger partial charge in [-0.1, -0.05) is 12.1 Å². The van der Waals surface area contributed by atoms with Gasteiger partial charge in [0.1, 0.15) is 0 Å². The highest BCUT2D eigenvalue weighted by atomic mass is 32.1. The van der Waals surface area contributed by atoms with E-state index in [0.717, 1.165) is 11.9 Å². The molecule has 2 unspecified atom stereocenters. The molecular formula is C11H11NOS. The van der Waals surface area contributed by atoms with Crippen LogP contribution in [0.1, 0.15) is 17.9 Å². The van der Waals surface area contributed by atoms with Crippen LogP contribution in [-0.4, -0.2) is 16.1 Å². The Kier molecular flexibility index (Phi) is 1.82. The van der Waals surface area contributed by atoms with E-state index < -0.39 is 0 Å². The van der Waals surface area contributed by atoms with E-state index in [4.69, 9.17) is 5.11 Å². The summed E-state index contributed by atoms with van der Waals surface area (Å²) in [6.45, 7) is 0.318. The van der Waals surface area contributed by atoms with E-state index in [1.165, 1.54) is 22.5 Å². The van der Waals surface area contributed by atoms with Gasteiger partial charge in [0.2, 0.25) is 0 Å². The fourth-order valence-corrected chi connectivity index (χ4v) is 2.76. The maximum absolute atomic E-state index is 9.05. The Labute approximate surface area is 86.4 Å². The molecule has 72 valence electrons. The standard InChI is InChI=1S/C11H11NOS/c13-5-7-4-9(7)8-2-1-3-11-10(8)6-14-12-11/h1-3,6-7,9,13H,4-5H2. The lowest BCUT2D eigenvalue weighted by Gasteiger charge is -2.00. The van der Waals surface area contributed by atoms with Gasteiger partial charge in [0.05, 0.1) is 5.52 Å². The molecule has 0 aliphatic heterocycles. The summed E-state index contributed by atoms with van der Waals surface area (Å²) in [5.74, 6) is 1.06. The van der Waals surface area contributed by atoms with Gasteiger partial charge >= 0.3 is 0 Å². The first-order chi connectivity index (χ1) is 6.90. The van der Waals surface area contributed by atoms with Crippen LogP contribution in [0.2, 0.25) is 0 Å². The topological polar surface area (TPSA) is 33.1 Å². The van der Waals surface area contributed by atoms with Crippen molar-refractivity contribution in [1.82, 2.24) is 4.37 Å². The Morgan fingerprint density at radius 2 is 2.43 bits per heavy atom. The van der Waals surface area contributed by atoms with Gasteiger partial charge in [-0.3, -0.25) is 0 Å². The normalized spacial score (nSPS) is 25.5. The number of aromatic nitrogens is 1. The van der Waals surface area contributed by atoms with Crippen molar-refractivity contribution in [2.45, 2.75) is 12.3 Å². The van der Waals surface area contributed by atoms with E-state index in [1.807, 2.05) is 6.07 Å². The van der Waals surface area contributed by atoms with Crippen molar-refractivity contribution in [2.24, 2.45) is 5.92 Å². The molecule has 1 aliphatic carbocycles. The summed E-state index contributed by atoms with van der Waals surface area (Å²) >= 11 is 1.51. The monoisotopic (exact) mass is 205 g/mol. The zero-order valence-electron chi connectivity index (χ0n) is 7.68. The predicted molar refractivity (Wildman–Crippen MR) is 57.6 cm³/mol. The molecule has 2 nitrogen and oxygen atoms in total. The molecule has 0 amide bonds. The molecule has 1 fully saturated rings. The third-order valence-corrected chi connectivity index (χ3v) is 3.64. The highest BCUT2D eigenvalue weighted by Gasteiger charge is 2.38. The SMILES string of the molecule is OCC1CC1c1cccc2nscc12. The molecule has 1 N–H and O–H groups in total. The van der Waals surface area contributed by atoms with Crippen LogP contribution >= 0.6 is 11.5 Å². The van der Waals surface area contributed by atoms with Crippen molar-refractivity contribution in [1.29, 1.82) is 0 Å². The second kappa shape index (κ2) is 3.04. The lowest BCUT2D eigenvalue weighted by Crippen LogP contribution is -1.88. The predicted octanol–water partition coefficient (Wildman–Crippen LogP) is 2.39. The maximum Gasteiger partial charge on any atom is 0.0843 e. The van der Waals surface area contributed by atoms with Gasteiger partial charge in [0.15, 0.2) is 0 Å². The van der Waals surface area contributed by atoms with Gasteiger partial charge in [-0.15, -0.1) is 0 Å². The van der Waals surface area contributed by atoms with Crippen LogP contribution in [0.3, 0.4) is 0 Å². The lowest BCUT2D eigenvalue weighted by atomic mass is 10.1.